The molecule has 0 spiro atoms. The number of benzene rings is 2. The van der Waals surface area contributed by atoms with E-state index >= 15 is 0 Å². The van der Waals surface area contributed by atoms with E-state index in [9.17, 15) is 9.59 Å². The van der Waals surface area contributed by atoms with Gasteiger partial charge in [-0.1, -0.05) is 36.4 Å². The van der Waals surface area contributed by atoms with E-state index in [1.807, 2.05) is 6.07 Å². The molecule has 0 bridgehead atoms. The van der Waals surface area contributed by atoms with Gasteiger partial charge < -0.3 is 10.7 Å². The van der Waals surface area contributed by atoms with Gasteiger partial charge in [0.1, 0.15) is 5.52 Å². The molecular formula is C22H20N6O2S. The van der Waals surface area contributed by atoms with Gasteiger partial charge in [-0.25, -0.2) is 9.97 Å². The molecule has 0 fully saturated rings. The van der Waals surface area contributed by atoms with E-state index in [-0.39, 0.29) is 11.7 Å². The lowest BCUT2D eigenvalue weighted by molar-refractivity contribution is 0.0989. The Morgan fingerprint density at radius 1 is 1.13 bits per heavy atom. The molecule has 4 aromatic rings. The summed E-state index contributed by atoms with van der Waals surface area (Å²) in [6, 6.07) is 15.5. The first kappa shape index (κ1) is 19.4. The number of hydrogen-bond donors (Lipinski definition) is 3. The van der Waals surface area contributed by atoms with Crippen molar-refractivity contribution in [2.24, 2.45) is 5.73 Å². The summed E-state index contributed by atoms with van der Waals surface area (Å²) in [4.78, 5) is 39.5. The maximum Gasteiger partial charge on any atom is 0.284 e. The number of nitrogens with two attached hydrogens (primary N) is 1. The average Bonchev–Trinajstić information content (AvgIpc) is 3.37. The van der Waals surface area contributed by atoms with Crippen LogP contribution in [0, 0.1) is 0 Å². The van der Waals surface area contributed by atoms with E-state index in [1.54, 1.807) is 18.2 Å². The molecule has 2 amide bonds. The Hall–Kier alpha value is -3.56. The number of fused-ring (bicyclic) bond motifs is 2. The molecule has 1 aliphatic heterocycles. The van der Waals surface area contributed by atoms with Crippen LogP contribution < -0.4 is 11.1 Å². The normalized spacial score (nSPS) is 13.8. The molecule has 0 saturated carbocycles. The number of rotatable bonds is 5. The van der Waals surface area contributed by atoms with Crippen LogP contribution in [0.25, 0.3) is 11.0 Å². The van der Waals surface area contributed by atoms with Crippen molar-refractivity contribution in [1.29, 1.82) is 0 Å². The molecule has 0 unspecified atom stereocenters. The predicted octanol–water partition coefficient (Wildman–Crippen LogP) is 2.93. The predicted molar refractivity (Wildman–Crippen MR) is 119 cm³/mol. The minimum absolute atomic E-state index is 0.0264. The van der Waals surface area contributed by atoms with Crippen molar-refractivity contribution in [3.05, 3.63) is 76.1 Å². The SMILES string of the molecule is NC(=O)c1nc2c(C(=O)Nc3nc4c(s3)CN(Cc3ccccc3)CC4)cccc2[nH]1. The lowest BCUT2D eigenvalue weighted by atomic mass is 10.1. The van der Waals surface area contributed by atoms with Crippen molar-refractivity contribution >= 4 is 39.3 Å². The summed E-state index contributed by atoms with van der Waals surface area (Å²) in [7, 11) is 0. The average molecular weight is 433 g/mol. The fraction of sp³-hybridized carbons (Fsp3) is 0.182. The maximum absolute atomic E-state index is 12.9. The first-order valence-corrected chi connectivity index (χ1v) is 10.7. The fourth-order valence-corrected chi connectivity index (χ4v) is 4.82. The molecule has 0 atom stereocenters. The molecule has 156 valence electrons. The second-order valence-electron chi connectivity index (χ2n) is 7.44. The number of aromatic nitrogens is 3. The van der Waals surface area contributed by atoms with Gasteiger partial charge in [0, 0.05) is 30.9 Å². The summed E-state index contributed by atoms with van der Waals surface area (Å²) >= 11 is 1.50. The van der Waals surface area contributed by atoms with Gasteiger partial charge in [-0.05, 0) is 17.7 Å². The first-order chi connectivity index (χ1) is 15.1. The zero-order chi connectivity index (χ0) is 21.4. The van der Waals surface area contributed by atoms with Crippen molar-refractivity contribution in [2.45, 2.75) is 19.5 Å². The van der Waals surface area contributed by atoms with Crippen LogP contribution >= 0.6 is 11.3 Å². The molecule has 8 nitrogen and oxygen atoms in total. The van der Waals surface area contributed by atoms with Crippen LogP contribution in [0.5, 0.6) is 0 Å². The standard InChI is InChI=1S/C22H20N6O2S/c23-19(29)20-24-16-8-4-7-14(18(16)26-20)21(30)27-22-25-15-9-10-28(12-17(15)31-22)11-13-5-2-1-3-6-13/h1-8H,9-12H2,(H2,23,29)(H,24,26)(H,25,27,30). The maximum atomic E-state index is 12.9. The van der Waals surface area contributed by atoms with E-state index < -0.39 is 5.91 Å². The van der Waals surface area contributed by atoms with Crippen LogP contribution in [0.15, 0.2) is 48.5 Å². The minimum atomic E-state index is -0.671. The molecule has 2 aromatic heterocycles. The van der Waals surface area contributed by atoms with Gasteiger partial charge in [-0.3, -0.25) is 19.8 Å². The Balaban J connectivity index is 1.32. The van der Waals surface area contributed by atoms with E-state index in [1.165, 1.54) is 21.8 Å². The molecule has 0 saturated heterocycles. The number of anilines is 1. The monoisotopic (exact) mass is 432 g/mol. The molecule has 31 heavy (non-hydrogen) atoms. The van der Waals surface area contributed by atoms with Crippen LogP contribution in [-0.2, 0) is 19.5 Å². The van der Waals surface area contributed by atoms with Gasteiger partial charge in [0.25, 0.3) is 11.8 Å². The molecule has 9 heteroatoms. The van der Waals surface area contributed by atoms with E-state index in [4.69, 9.17) is 5.73 Å². The van der Waals surface area contributed by atoms with Crippen LogP contribution in [0.1, 0.15) is 37.1 Å². The second-order valence-corrected chi connectivity index (χ2v) is 8.52. The molecule has 3 heterocycles. The van der Waals surface area contributed by atoms with Crippen molar-refractivity contribution < 1.29 is 9.59 Å². The summed E-state index contributed by atoms with van der Waals surface area (Å²) in [5.41, 5.74) is 8.97. The highest BCUT2D eigenvalue weighted by Gasteiger charge is 2.22. The summed E-state index contributed by atoms with van der Waals surface area (Å²) in [5, 5.41) is 3.46. The second kappa shape index (κ2) is 7.93. The highest BCUT2D eigenvalue weighted by atomic mass is 32.1. The number of thiazole rings is 1. The Morgan fingerprint density at radius 2 is 1.97 bits per heavy atom. The lowest BCUT2D eigenvalue weighted by Gasteiger charge is -2.25. The summed E-state index contributed by atoms with van der Waals surface area (Å²) < 4.78 is 0. The van der Waals surface area contributed by atoms with Crippen molar-refractivity contribution in [1.82, 2.24) is 19.9 Å². The third-order valence-corrected chi connectivity index (χ3v) is 6.27. The third kappa shape index (κ3) is 3.92. The molecule has 2 aromatic carbocycles. The van der Waals surface area contributed by atoms with Crippen LogP contribution in [0.3, 0.4) is 0 Å². The fourth-order valence-electron chi connectivity index (χ4n) is 3.77. The summed E-state index contributed by atoms with van der Waals surface area (Å²) in [6.45, 7) is 2.64. The van der Waals surface area contributed by atoms with Gasteiger partial charge in [0.2, 0.25) is 0 Å². The number of hydrogen-bond acceptors (Lipinski definition) is 6. The zero-order valence-electron chi connectivity index (χ0n) is 16.6. The van der Waals surface area contributed by atoms with Crippen LogP contribution in [-0.4, -0.2) is 38.2 Å². The number of amides is 2. The number of aromatic amines is 1. The van der Waals surface area contributed by atoms with Crippen LogP contribution in [0.4, 0.5) is 5.13 Å². The quantitative estimate of drug-likeness (QED) is 0.448. The van der Waals surface area contributed by atoms with E-state index in [0.717, 1.165) is 31.7 Å². The molecule has 5 rings (SSSR count). The number of nitrogens with one attached hydrogen (secondary N) is 2. The van der Waals surface area contributed by atoms with Gasteiger partial charge in [-0.15, -0.1) is 11.3 Å². The Morgan fingerprint density at radius 3 is 2.77 bits per heavy atom. The third-order valence-electron chi connectivity index (χ3n) is 5.27. The molecule has 0 aliphatic carbocycles. The lowest BCUT2D eigenvalue weighted by Crippen LogP contribution is -2.29. The first-order valence-electron chi connectivity index (χ1n) is 9.91. The Bertz CT molecular complexity index is 1280. The number of imidazole rings is 1. The van der Waals surface area contributed by atoms with Crippen LogP contribution in [0.2, 0.25) is 0 Å². The number of primary amides is 1. The number of nitrogens with zero attached hydrogens (tertiary/aromatic N) is 3. The van der Waals surface area contributed by atoms with Gasteiger partial charge >= 0.3 is 0 Å². The van der Waals surface area contributed by atoms with Gasteiger partial charge in [0.15, 0.2) is 11.0 Å². The van der Waals surface area contributed by atoms with Gasteiger partial charge in [-0.2, -0.15) is 0 Å². The number of H-pyrrole nitrogens is 1. The molecule has 1 aliphatic rings. The topological polar surface area (TPSA) is 117 Å². The number of carbonyl (C=O) groups is 2. The largest absolute Gasteiger partial charge is 0.363 e. The molecule has 0 radical (unpaired) electrons. The van der Waals surface area contributed by atoms with Crippen molar-refractivity contribution in [3.8, 4) is 0 Å². The molecule has 4 N–H and O–H groups in total. The summed E-state index contributed by atoms with van der Waals surface area (Å²) in [6.07, 6.45) is 0.853. The number of para-hydroxylation sites is 1. The smallest absolute Gasteiger partial charge is 0.284 e. The highest BCUT2D eigenvalue weighted by molar-refractivity contribution is 7.15. The highest BCUT2D eigenvalue weighted by Crippen LogP contribution is 2.29. The number of carbonyl (C=O) groups excluding carboxylic acids is 2. The van der Waals surface area contributed by atoms with E-state index in [2.05, 4.69) is 49.4 Å². The Kier molecular flexibility index (Phi) is 4.97. The van der Waals surface area contributed by atoms with Crippen molar-refractivity contribution in [2.75, 3.05) is 11.9 Å². The van der Waals surface area contributed by atoms with E-state index in [0.29, 0.717) is 21.7 Å². The Labute approximate surface area is 182 Å². The minimum Gasteiger partial charge on any atom is -0.363 e. The summed E-state index contributed by atoms with van der Waals surface area (Å²) in [5.74, 6) is -0.964. The zero-order valence-corrected chi connectivity index (χ0v) is 17.4. The van der Waals surface area contributed by atoms with Gasteiger partial charge in [0.05, 0.1) is 16.8 Å². The molecular weight excluding hydrogens is 412 g/mol. The van der Waals surface area contributed by atoms with Crippen molar-refractivity contribution in [3.63, 3.8) is 0 Å².